The van der Waals surface area contributed by atoms with E-state index in [1.54, 1.807) is 31.4 Å². The van der Waals surface area contributed by atoms with Gasteiger partial charge in [-0.2, -0.15) is 4.80 Å². The largest absolute Gasteiger partial charge is 0.497 e. The number of halogens is 1. The van der Waals surface area contributed by atoms with E-state index in [2.05, 4.69) is 20.7 Å². The minimum Gasteiger partial charge on any atom is -0.497 e. The molecule has 0 saturated carbocycles. The van der Waals surface area contributed by atoms with Gasteiger partial charge in [0.2, 0.25) is 11.7 Å². The predicted octanol–water partition coefficient (Wildman–Crippen LogP) is 2.95. The lowest BCUT2D eigenvalue weighted by Gasteiger charge is -2.08. The van der Waals surface area contributed by atoms with Crippen LogP contribution in [0.25, 0.3) is 11.4 Å². The van der Waals surface area contributed by atoms with Gasteiger partial charge in [0.25, 0.3) is 0 Å². The van der Waals surface area contributed by atoms with Gasteiger partial charge in [-0.3, -0.25) is 4.79 Å². The van der Waals surface area contributed by atoms with Crippen LogP contribution < -0.4 is 10.1 Å². The van der Waals surface area contributed by atoms with Crippen LogP contribution in [-0.4, -0.2) is 33.2 Å². The Kier molecular flexibility index (Phi) is 4.95. The van der Waals surface area contributed by atoms with Crippen molar-refractivity contribution in [2.24, 2.45) is 0 Å². The first-order valence-electron chi connectivity index (χ1n) is 7.53. The number of aryl methyl sites for hydroxylation is 1. The van der Waals surface area contributed by atoms with E-state index in [1.165, 1.54) is 4.80 Å². The molecule has 2 aromatic carbocycles. The number of rotatable bonds is 5. The first kappa shape index (κ1) is 16.9. The van der Waals surface area contributed by atoms with Crippen molar-refractivity contribution in [2.45, 2.75) is 13.5 Å². The van der Waals surface area contributed by atoms with Crippen molar-refractivity contribution in [3.8, 4) is 17.1 Å². The lowest BCUT2D eigenvalue weighted by Crippen LogP contribution is -2.20. The summed E-state index contributed by atoms with van der Waals surface area (Å²) in [7, 11) is 1.59. The normalized spacial score (nSPS) is 10.5. The Morgan fingerprint density at radius 1 is 1.28 bits per heavy atom. The molecule has 1 aromatic heterocycles. The van der Waals surface area contributed by atoms with Crippen LogP contribution in [0.15, 0.2) is 42.5 Å². The van der Waals surface area contributed by atoms with Crippen molar-refractivity contribution in [1.82, 2.24) is 20.2 Å². The number of carbonyl (C=O) groups is 1. The van der Waals surface area contributed by atoms with Crippen molar-refractivity contribution >= 4 is 23.2 Å². The zero-order valence-corrected chi connectivity index (χ0v) is 14.5. The van der Waals surface area contributed by atoms with Crippen molar-refractivity contribution in [3.05, 3.63) is 53.1 Å². The molecule has 3 rings (SSSR count). The lowest BCUT2D eigenvalue weighted by atomic mass is 10.2. The molecule has 0 unspecified atom stereocenters. The summed E-state index contributed by atoms with van der Waals surface area (Å²) in [5.41, 5.74) is 2.34. The van der Waals surface area contributed by atoms with Crippen molar-refractivity contribution in [3.63, 3.8) is 0 Å². The van der Waals surface area contributed by atoms with Crippen LogP contribution in [0, 0.1) is 6.92 Å². The van der Waals surface area contributed by atoms with Gasteiger partial charge in [-0.25, -0.2) is 0 Å². The zero-order valence-electron chi connectivity index (χ0n) is 13.7. The first-order valence-corrected chi connectivity index (χ1v) is 7.91. The minimum absolute atomic E-state index is 0.0426. The molecule has 0 fully saturated rings. The number of hydrogen-bond acceptors (Lipinski definition) is 5. The highest BCUT2D eigenvalue weighted by Gasteiger charge is 2.11. The Bertz CT molecular complexity index is 910. The monoisotopic (exact) mass is 357 g/mol. The van der Waals surface area contributed by atoms with Crippen molar-refractivity contribution < 1.29 is 9.53 Å². The summed E-state index contributed by atoms with van der Waals surface area (Å²) in [6, 6.07) is 12.6. The number of aromatic nitrogens is 4. The van der Waals surface area contributed by atoms with E-state index in [9.17, 15) is 4.79 Å². The topological polar surface area (TPSA) is 81.9 Å². The summed E-state index contributed by atoms with van der Waals surface area (Å²) < 4.78 is 5.18. The molecule has 0 atom stereocenters. The number of ether oxygens (including phenoxy) is 1. The van der Waals surface area contributed by atoms with Gasteiger partial charge in [-0.15, -0.1) is 10.2 Å². The maximum absolute atomic E-state index is 12.2. The van der Waals surface area contributed by atoms with Crippen LogP contribution in [0.2, 0.25) is 5.02 Å². The maximum Gasteiger partial charge on any atom is 0.248 e. The molecule has 1 heterocycles. The molecule has 0 saturated heterocycles. The number of hydrogen-bond donors (Lipinski definition) is 1. The summed E-state index contributed by atoms with van der Waals surface area (Å²) in [5, 5.41) is 15.6. The number of amides is 1. The van der Waals surface area contributed by atoms with Gasteiger partial charge in [0.1, 0.15) is 12.3 Å². The molecular formula is C17H16ClN5O2. The SMILES string of the molecule is COc1cccc(-c2nnn(CC(=O)Nc3ccc(Cl)cc3C)n2)c1. The Morgan fingerprint density at radius 3 is 2.88 bits per heavy atom. The van der Waals surface area contributed by atoms with Crippen molar-refractivity contribution in [1.29, 1.82) is 0 Å². The minimum atomic E-state index is -0.250. The van der Waals surface area contributed by atoms with E-state index in [0.717, 1.165) is 11.1 Å². The third-order valence-electron chi connectivity index (χ3n) is 3.53. The number of methoxy groups -OCH3 is 1. The second-order valence-corrected chi connectivity index (χ2v) is 5.82. The van der Waals surface area contributed by atoms with E-state index >= 15 is 0 Å². The molecule has 0 spiro atoms. The number of tetrazole rings is 1. The standard InChI is InChI=1S/C17H16ClN5O2/c1-11-8-13(18)6-7-15(11)19-16(24)10-23-21-17(20-22-23)12-4-3-5-14(9-12)25-2/h3-9H,10H2,1-2H3,(H,19,24). The van der Waals surface area contributed by atoms with Gasteiger partial charge >= 0.3 is 0 Å². The van der Waals surface area contributed by atoms with Crippen LogP contribution in [0.4, 0.5) is 5.69 Å². The summed E-state index contributed by atoms with van der Waals surface area (Å²) >= 11 is 5.91. The Hall–Kier alpha value is -2.93. The van der Waals surface area contributed by atoms with E-state index in [1.807, 2.05) is 25.1 Å². The van der Waals surface area contributed by atoms with Gasteiger partial charge in [0, 0.05) is 16.3 Å². The fourth-order valence-corrected chi connectivity index (χ4v) is 2.50. The molecule has 0 aliphatic carbocycles. The van der Waals surface area contributed by atoms with Gasteiger partial charge in [-0.1, -0.05) is 23.7 Å². The van der Waals surface area contributed by atoms with Crippen LogP contribution in [0.1, 0.15) is 5.56 Å². The predicted molar refractivity (Wildman–Crippen MR) is 94.6 cm³/mol. The number of nitrogens with zero attached hydrogens (tertiary/aromatic N) is 4. The molecule has 8 heteroatoms. The highest BCUT2D eigenvalue weighted by molar-refractivity contribution is 6.30. The Balaban J connectivity index is 1.69. The third-order valence-corrected chi connectivity index (χ3v) is 3.76. The van der Waals surface area contributed by atoms with Gasteiger partial charge in [0.15, 0.2) is 0 Å². The van der Waals surface area contributed by atoms with E-state index < -0.39 is 0 Å². The molecular weight excluding hydrogens is 342 g/mol. The zero-order chi connectivity index (χ0) is 17.8. The second-order valence-electron chi connectivity index (χ2n) is 5.38. The Morgan fingerprint density at radius 2 is 2.12 bits per heavy atom. The van der Waals surface area contributed by atoms with Crippen LogP contribution in [-0.2, 0) is 11.3 Å². The van der Waals surface area contributed by atoms with E-state index in [-0.39, 0.29) is 12.5 Å². The smallest absolute Gasteiger partial charge is 0.248 e. The second kappa shape index (κ2) is 7.31. The molecule has 0 aliphatic rings. The third kappa shape index (κ3) is 4.13. The lowest BCUT2D eigenvalue weighted by molar-refractivity contribution is -0.117. The number of anilines is 1. The molecule has 3 aromatic rings. The van der Waals surface area contributed by atoms with E-state index in [0.29, 0.717) is 22.3 Å². The summed E-state index contributed by atoms with van der Waals surface area (Å²) in [6.45, 7) is 1.83. The molecule has 25 heavy (non-hydrogen) atoms. The fraction of sp³-hybridized carbons (Fsp3) is 0.176. The maximum atomic E-state index is 12.2. The average molecular weight is 358 g/mol. The summed E-state index contributed by atoms with van der Waals surface area (Å²) in [4.78, 5) is 13.4. The first-order chi connectivity index (χ1) is 12.0. The highest BCUT2D eigenvalue weighted by atomic mass is 35.5. The quantitative estimate of drug-likeness (QED) is 0.759. The molecule has 128 valence electrons. The highest BCUT2D eigenvalue weighted by Crippen LogP contribution is 2.21. The molecule has 7 nitrogen and oxygen atoms in total. The molecule has 1 N–H and O–H groups in total. The molecule has 0 bridgehead atoms. The molecule has 1 amide bonds. The molecule has 0 radical (unpaired) electrons. The molecule has 0 aliphatic heterocycles. The van der Waals surface area contributed by atoms with Crippen molar-refractivity contribution in [2.75, 3.05) is 12.4 Å². The average Bonchev–Trinajstić information content (AvgIpc) is 3.06. The van der Waals surface area contributed by atoms with Gasteiger partial charge in [-0.05, 0) is 48.0 Å². The number of benzene rings is 2. The number of carbonyl (C=O) groups excluding carboxylic acids is 1. The summed E-state index contributed by atoms with van der Waals surface area (Å²) in [6.07, 6.45) is 0. The van der Waals surface area contributed by atoms with Gasteiger partial charge in [0.05, 0.1) is 7.11 Å². The number of nitrogens with one attached hydrogen (secondary N) is 1. The summed E-state index contributed by atoms with van der Waals surface area (Å²) in [5.74, 6) is 0.874. The fourth-order valence-electron chi connectivity index (χ4n) is 2.27. The van der Waals surface area contributed by atoms with E-state index in [4.69, 9.17) is 16.3 Å². The van der Waals surface area contributed by atoms with Crippen LogP contribution in [0.3, 0.4) is 0 Å². The van der Waals surface area contributed by atoms with Gasteiger partial charge < -0.3 is 10.1 Å². The Labute approximate surface area is 149 Å². The van der Waals surface area contributed by atoms with Crippen LogP contribution in [0.5, 0.6) is 5.75 Å². The van der Waals surface area contributed by atoms with Crippen LogP contribution >= 0.6 is 11.6 Å².